The SMILES string of the molecule is C=C=Cc1c(F)c(F)nc(F)c1F. The predicted octanol–water partition coefficient (Wildman–Crippen LogP) is 2.44. The summed E-state index contributed by atoms with van der Waals surface area (Å²) in [5.74, 6) is -6.51. The molecule has 1 aromatic heterocycles. The maximum Gasteiger partial charge on any atom is 0.252 e. The standard InChI is InChI=1S/C8H3F4N/c1-2-3-4-5(9)7(11)13-8(12)6(4)10/h3H,1H2. The second-order valence-electron chi connectivity index (χ2n) is 2.08. The molecule has 1 nitrogen and oxygen atoms in total. The average molecular weight is 189 g/mol. The van der Waals surface area contributed by atoms with Crippen molar-refractivity contribution in [3.63, 3.8) is 0 Å². The van der Waals surface area contributed by atoms with E-state index in [4.69, 9.17) is 0 Å². The molecule has 0 aromatic carbocycles. The lowest BCUT2D eigenvalue weighted by atomic mass is 10.2. The van der Waals surface area contributed by atoms with Crippen LogP contribution in [0, 0.1) is 23.5 Å². The maximum atomic E-state index is 12.7. The van der Waals surface area contributed by atoms with Crippen LogP contribution in [0.3, 0.4) is 0 Å². The minimum Gasteiger partial charge on any atom is -0.201 e. The third-order valence-electron chi connectivity index (χ3n) is 1.28. The molecule has 0 spiro atoms. The first-order valence-electron chi connectivity index (χ1n) is 3.13. The summed E-state index contributed by atoms with van der Waals surface area (Å²) < 4.78 is 50.1. The Hall–Kier alpha value is -1.61. The van der Waals surface area contributed by atoms with Gasteiger partial charge in [-0.1, -0.05) is 6.58 Å². The molecule has 0 aliphatic heterocycles. The van der Waals surface area contributed by atoms with Gasteiger partial charge in [0.25, 0.3) is 11.9 Å². The molecule has 1 aromatic rings. The molecular weight excluding hydrogens is 186 g/mol. The van der Waals surface area contributed by atoms with E-state index < -0.39 is 29.1 Å². The van der Waals surface area contributed by atoms with E-state index in [9.17, 15) is 17.6 Å². The van der Waals surface area contributed by atoms with Gasteiger partial charge in [-0.3, -0.25) is 0 Å². The molecule has 0 atom stereocenters. The van der Waals surface area contributed by atoms with Gasteiger partial charge in [-0.05, 0) is 6.08 Å². The average Bonchev–Trinajstić information content (AvgIpc) is 2.09. The van der Waals surface area contributed by atoms with Gasteiger partial charge in [-0.2, -0.15) is 13.8 Å². The van der Waals surface area contributed by atoms with Crippen LogP contribution in [0.5, 0.6) is 0 Å². The quantitative estimate of drug-likeness (QED) is 0.375. The summed E-state index contributed by atoms with van der Waals surface area (Å²) in [4.78, 5) is 2.36. The topological polar surface area (TPSA) is 12.9 Å². The highest BCUT2D eigenvalue weighted by molar-refractivity contribution is 5.49. The molecule has 5 heteroatoms. The Morgan fingerprint density at radius 2 is 1.54 bits per heavy atom. The summed E-state index contributed by atoms with van der Waals surface area (Å²) in [5, 5.41) is 0. The van der Waals surface area contributed by atoms with Crippen molar-refractivity contribution < 1.29 is 17.6 Å². The molecule has 0 saturated heterocycles. The monoisotopic (exact) mass is 189 g/mol. The van der Waals surface area contributed by atoms with E-state index >= 15 is 0 Å². The van der Waals surface area contributed by atoms with Crippen LogP contribution in [-0.4, -0.2) is 4.98 Å². The fourth-order valence-corrected chi connectivity index (χ4v) is 0.732. The van der Waals surface area contributed by atoms with Crippen molar-refractivity contribution in [1.29, 1.82) is 0 Å². The van der Waals surface area contributed by atoms with E-state index in [0.717, 1.165) is 0 Å². The molecule has 0 aliphatic carbocycles. The fourth-order valence-electron chi connectivity index (χ4n) is 0.732. The summed E-state index contributed by atoms with van der Waals surface area (Å²) in [6.07, 6.45) is 0.693. The predicted molar refractivity (Wildman–Crippen MR) is 37.7 cm³/mol. The van der Waals surface area contributed by atoms with Crippen molar-refractivity contribution in [2.75, 3.05) is 0 Å². The van der Waals surface area contributed by atoms with Crippen LogP contribution in [0.2, 0.25) is 0 Å². The van der Waals surface area contributed by atoms with E-state index in [2.05, 4.69) is 11.6 Å². The van der Waals surface area contributed by atoms with E-state index in [1.54, 1.807) is 0 Å². The Morgan fingerprint density at radius 1 is 1.08 bits per heavy atom. The van der Waals surface area contributed by atoms with Gasteiger partial charge in [0.15, 0.2) is 11.6 Å². The van der Waals surface area contributed by atoms with Crippen molar-refractivity contribution >= 4 is 6.08 Å². The molecule has 68 valence electrons. The molecule has 0 aliphatic rings. The number of rotatable bonds is 1. The molecule has 0 N–H and O–H groups in total. The van der Waals surface area contributed by atoms with E-state index in [1.807, 2.05) is 5.73 Å². The Kier molecular flexibility index (Phi) is 2.49. The highest BCUT2D eigenvalue weighted by Gasteiger charge is 2.18. The van der Waals surface area contributed by atoms with Crippen LogP contribution in [-0.2, 0) is 0 Å². The summed E-state index contributed by atoms with van der Waals surface area (Å²) in [7, 11) is 0. The lowest BCUT2D eigenvalue weighted by Gasteiger charge is -1.99. The molecule has 0 radical (unpaired) electrons. The van der Waals surface area contributed by atoms with E-state index in [1.165, 1.54) is 0 Å². The lowest BCUT2D eigenvalue weighted by molar-refractivity contribution is 0.404. The Balaban J connectivity index is 3.55. The summed E-state index contributed by atoms with van der Waals surface area (Å²) in [6, 6.07) is 0. The van der Waals surface area contributed by atoms with Crippen LogP contribution in [0.1, 0.15) is 5.56 Å². The molecule has 1 heterocycles. The van der Waals surface area contributed by atoms with Crippen LogP contribution in [0.25, 0.3) is 6.08 Å². The van der Waals surface area contributed by atoms with Crippen LogP contribution in [0.4, 0.5) is 17.6 Å². The minimum atomic E-state index is -1.69. The van der Waals surface area contributed by atoms with Gasteiger partial charge in [0, 0.05) is 0 Å². The highest BCUT2D eigenvalue weighted by Crippen LogP contribution is 2.17. The highest BCUT2D eigenvalue weighted by atomic mass is 19.2. The van der Waals surface area contributed by atoms with Crippen LogP contribution in [0.15, 0.2) is 12.3 Å². The van der Waals surface area contributed by atoms with Gasteiger partial charge in [0.1, 0.15) is 0 Å². The summed E-state index contributed by atoms with van der Waals surface area (Å²) in [5.41, 5.74) is 1.13. The molecule has 13 heavy (non-hydrogen) atoms. The number of pyridine rings is 1. The number of hydrogen-bond acceptors (Lipinski definition) is 1. The minimum absolute atomic E-state index is 0.693. The molecule has 0 bridgehead atoms. The van der Waals surface area contributed by atoms with Gasteiger partial charge in [-0.15, -0.1) is 5.73 Å². The van der Waals surface area contributed by atoms with E-state index in [-0.39, 0.29) is 0 Å². The molecule has 0 saturated carbocycles. The number of halogens is 4. The van der Waals surface area contributed by atoms with Crippen LogP contribution < -0.4 is 0 Å². The second-order valence-corrected chi connectivity index (χ2v) is 2.08. The Morgan fingerprint density at radius 3 is 1.92 bits per heavy atom. The molecule has 0 fully saturated rings. The second kappa shape index (κ2) is 3.41. The van der Waals surface area contributed by atoms with Crippen molar-refractivity contribution in [1.82, 2.24) is 4.98 Å². The van der Waals surface area contributed by atoms with Crippen molar-refractivity contribution in [2.24, 2.45) is 0 Å². The zero-order valence-electron chi connectivity index (χ0n) is 6.24. The third-order valence-corrected chi connectivity index (χ3v) is 1.28. The van der Waals surface area contributed by atoms with Gasteiger partial charge in [-0.25, -0.2) is 8.78 Å². The Labute approximate surface area is 71.0 Å². The first kappa shape index (κ1) is 9.48. The van der Waals surface area contributed by atoms with Gasteiger partial charge in [0.05, 0.1) is 5.56 Å². The molecule has 0 unspecified atom stereocenters. The first-order chi connectivity index (χ1) is 6.07. The van der Waals surface area contributed by atoms with Crippen LogP contribution >= 0.6 is 0 Å². The largest absolute Gasteiger partial charge is 0.252 e. The zero-order chi connectivity index (χ0) is 10.0. The van der Waals surface area contributed by atoms with Crippen molar-refractivity contribution in [3.8, 4) is 0 Å². The van der Waals surface area contributed by atoms with Crippen molar-refractivity contribution in [2.45, 2.75) is 0 Å². The Bertz CT molecular complexity index is 367. The molecule has 1 rings (SSSR count). The smallest absolute Gasteiger partial charge is 0.201 e. The summed E-state index contributed by atoms with van der Waals surface area (Å²) in [6.45, 7) is 3.02. The zero-order valence-corrected chi connectivity index (χ0v) is 6.24. The maximum absolute atomic E-state index is 12.7. The molecule has 0 amide bonds. The normalized spacial score (nSPS) is 9.54. The van der Waals surface area contributed by atoms with Crippen molar-refractivity contribution in [3.05, 3.63) is 41.4 Å². The third kappa shape index (κ3) is 1.60. The van der Waals surface area contributed by atoms with Gasteiger partial charge < -0.3 is 0 Å². The number of hydrogen-bond donors (Lipinski definition) is 0. The molecular formula is C8H3F4N. The van der Waals surface area contributed by atoms with Gasteiger partial charge >= 0.3 is 0 Å². The fraction of sp³-hybridized carbons (Fsp3) is 0. The number of aromatic nitrogens is 1. The van der Waals surface area contributed by atoms with E-state index in [0.29, 0.717) is 6.08 Å². The summed E-state index contributed by atoms with van der Waals surface area (Å²) >= 11 is 0. The lowest BCUT2D eigenvalue weighted by Crippen LogP contribution is -2.02. The van der Waals surface area contributed by atoms with Gasteiger partial charge in [0.2, 0.25) is 0 Å². The first-order valence-corrected chi connectivity index (χ1v) is 3.13. The number of nitrogens with zero attached hydrogens (tertiary/aromatic N) is 1.